The summed E-state index contributed by atoms with van der Waals surface area (Å²) < 4.78 is 5.22. The molecule has 0 bridgehead atoms. The number of furan rings is 1. The number of hydrogen-bond donors (Lipinski definition) is 1. The maximum atomic E-state index is 10.1. The second-order valence-corrected chi connectivity index (χ2v) is 4.36. The summed E-state index contributed by atoms with van der Waals surface area (Å²) in [6.45, 7) is 0. The third-order valence-corrected chi connectivity index (χ3v) is 3.09. The number of aliphatic hydroxyl groups is 1. The highest BCUT2D eigenvalue weighted by Crippen LogP contribution is 2.40. The van der Waals surface area contributed by atoms with Crippen molar-refractivity contribution in [1.82, 2.24) is 0 Å². The number of aliphatic hydroxyl groups excluding tert-OH is 1. The van der Waals surface area contributed by atoms with Gasteiger partial charge in [0.05, 0.1) is 6.26 Å². The minimum absolute atomic E-state index is 0.605. The number of hydrogen-bond acceptors (Lipinski definition) is 2. The van der Waals surface area contributed by atoms with Crippen molar-refractivity contribution in [1.29, 1.82) is 0 Å². The fraction of sp³-hybridized carbons (Fsp3) is 0.286. The summed E-state index contributed by atoms with van der Waals surface area (Å²) in [6.07, 6.45) is 3.50. The van der Waals surface area contributed by atoms with Crippen LogP contribution in [0.25, 0.3) is 0 Å². The molecule has 1 atom stereocenters. The molecule has 1 aromatic carbocycles. The third kappa shape index (κ3) is 1.76. The van der Waals surface area contributed by atoms with E-state index in [-0.39, 0.29) is 0 Å². The summed E-state index contributed by atoms with van der Waals surface area (Å²) >= 11 is 0. The van der Waals surface area contributed by atoms with Crippen molar-refractivity contribution < 1.29 is 9.52 Å². The Balaban J connectivity index is 1.90. The van der Waals surface area contributed by atoms with E-state index in [0.717, 1.165) is 5.56 Å². The smallest absolute Gasteiger partial charge is 0.137 e. The Hall–Kier alpha value is -1.54. The second-order valence-electron chi connectivity index (χ2n) is 4.36. The first-order valence-electron chi connectivity index (χ1n) is 5.66. The normalized spacial score (nSPS) is 17.3. The lowest BCUT2D eigenvalue weighted by Gasteiger charge is -2.09. The zero-order valence-electron chi connectivity index (χ0n) is 8.97. The molecule has 2 nitrogen and oxygen atoms in total. The van der Waals surface area contributed by atoms with E-state index in [0.29, 0.717) is 11.7 Å². The molecule has 0 saturated heterocycles. The van der Waals surface area contributed by atoms with Crippen LogP contribution in [0.3, 0.4) is 0 Å². The van der Waals surface area contributed by atoms with E-state index in [1.807, 2.05) is 12.1 Å². The fourth-order valence-corrected chi connectivity index (χ4v) is 2.01. The van der Waals surface area contributed by atoms with Crippen molar-refractivity contribution in [3.8, 4) is 0 Å². The molecule has 2 heteroatoms. The van der Waals surface area contributed by atoms with Gasteiger partial charge in [0, 0.05) is 0 Å². The van der Waals surface area contributed by atoms with Crippen LogP contribution in [0, 0.1) is 0 Å². The molecule has 0 spiro atoms. The van der Waals surface area contributed by atoms with Gasteiger partial charge in [-0.15, -0.1) is 0 Å². The lowest BCUT2D eigenvalue weighted by atomic mass is 10.0. The van der Waals surface area contributed by atoms with Crippen LogP contribution in [-0.2, 0) is 0 Å². The monoisotopic (exact) mass is 214 g/mol. The average molecular weight is 214 g/mol. The fourth-order valence-electron chi connectivity index (χ4n) is 2.01. The van der Waals surface area contributed by atoms with Crippen LogP contribution in [0.2, 0.25) is 0 Å². The van der Waals surface area contributed by atoms with E-state index < -0.39 is 6.10 Å². The molecule has 3 rings (SSSR count). The van der Waals surface area contributed by atoms with Crippen LogP contribution >= 0.6 is 0 Å². The van der Waals surface area contributed by atoms with Gasteiger partial charge in [-0.3, -0.25) is 0 Å². The van der Waals surface area contributed by atoms with Gasteiger partial charge in [-0.2, -0.15) is 0 Å². The molecule has 1 unspecified atom stereocenters. The summed E-state index contributed by atoms with van der Waals surface area (Å²) in [6, 6.07) is 11.8. The second kappa shape index (κ2) is 3.80. The van der Waals surface area contributed by atoms with Crippen LogP contribution < -0.4 is 0 Å². The average Bonchev–Trinajstić information content (AvgIpc) is 3.04. The summed E-state index contributed by atoms with van der Waals surface area (Å²) in [7, 11) is 0. The molecule has 16 heavy (non-hydrogen) atoms. The van der Waals surface area contributed by atoms with Gasteiger partial charge in [0.2, 0.25) is 0 Å². The van der Waals surface area contributed by atoms with Crippen LogP contribution in [-0.4, -0.2) is 5.11 Å². The zero-order valence-corrected chi connectivity index (χ0v) is 8.97. The number of rotatable bonds is 3. The van der Waals surface area contributed by atoms with Gasteiger partial charge in [0.15, 0.2) is 0 Å². The Morgan fingerprint density at radius 3 is 2.75 bits per heavy atom. The zero-order chi connectivity index (χ0) is 11.0. The van der Waals surface area contributed by atoms with Crippen LogP contribution in [0.4, 0.5) is 0 Å². The third-order valence-electron chi connectivity index (χ3n) is 3.09. The highest BCUT2D eigenvalue weighted by Gasteiger charge is 2.24. The van der Waals surface area contributed by atoms with E-state index in [2.05, 4.69) is 12.1 Å². The maximum absolute atomic E-state index is 10.1. The molecule has 2 aromatic rings. The van der Waals surface area contributed by atoms with Gasteiger partial charge in [-0.25, -0.2) is 0 Å². The van der Waals surface area contributed by atoms with E-state index in [1.165, 1.54) is 18.4 Å². The van der Waals surface area contributed by atoms with E-state index in [9.17, 15) is 5.11 Å². The summed E-state index contributed by atoms with van der Waals surface area (Å²) in [5.74, 6) is 1.32. The van der Waals surface area contributed by atoms with Crippen molar-refractivity contribution in [3.05, 3.63) is 59.5 Å². The first-order valence-corrected chi connectivity index (χ1v) is 5.66. The highest BCUT2D eigenvalue weighted by molar-refractivity contribution is 5.32. The Morgan fingerprint density at radius 1 is 1.19 bits per heavy atom. The summed E-state index contributed by atoms with van der Waals surface area (Å²) in [5, 5.41) is 10.1. The molecule has 0 radical (unpaired) electrons. The molecule has 1 aliphatic rings. The molecule has 1 fully saturated rings. The molecule has 82 valence electrons. The molecule has 1 saturated carbocycles. The van der Waals surface area contributed by atoms with Gasteiger partial charge < -0.3 is 9.52 Å². The van der Waals surface area contributed by atoms with Gasteiger partial charge in [0.25, 0.3) is 0 Å². The highest BCUT2D eigenvalue weighted by atomic mass is 16.4. The molecular weight excluding hydrogens is 200 g/mol. The molecule has 1 N–H and O–H groups in total. The van der Waals surface area contributed by atoms with Gasteiger partial charge in [-0.1, -0.05) is 24.3 Å². The minimum atomic E-state index is -0.645. The molecule has 1 aliphatic carbocycles. The first-order chi connectivity index (χ1) is 7.84. The molecule has 0 aliphatic heterocycles. The van der Waals surface area contributed by atoms with Crippen molar-refractivity contribution in [2.45, 2.75) is 24.9 Å². The SMILES string of the molecule is OC(c1cccc(C2CC2)c1)c1ccco1. The van der Waals surface area contributed by atoms with Crippen molar-refractivity contribution in [2.24, 2.45) is 0 Å². The quantitative estimate of drug-likeness (QED) is 0.850. The van der Waals surface area contributed by atoms with Gasteiger partial charge in [-0.05, 0) is 42.0 Å². The standard InChI is InChI=1S/C14H14O2/c15-14(13-5-2-8-16-13)12-4-1-3-11(9-12)10-6-7-10/h1-5,8-10,14-15H,6-7H2. The molecule has 1 heterocycles. The van der Waals surface area contributed by atoms with Gasteiger partial charge in [0.1, 0.15) is 11.9 Å². The summed E-state index contributed by atoms with van der Waals surface area (Å²) in [5.41, 5.74) is 2.25. The van der Waals surface area contributed by atoms with E-state index in [4.69, 9.17) is 4.42 Å². The Kier molecular flexibility index (Phi) is 2.29. The lowest BCUT2D eigenvalue weighted by Crippen LogP contribution is -1.98. The van der Waals surface area contributed by atoms with Gasteiger partial charge >= 0.3 is 0 Å². The van der Waals surface area contributed by atoms with Crippen LogP contribution in [0.15, 0.2) is 47.1 Å². The van der Waals surface area contributed by atoms with Crippen molar-refractivity contribution in [2.75, 3.05) is 0 Å². The van der Waals surface area contributed by atoms with Crippen LogP contribution in [0.5, 0.6) is 0 Å². The Morgan fingerprint density at radius 2 is 2.06 bits per heavy atom. The van der Waals surface area contributed by atoms with E-state index in [1.54, 1.807) is 18.4 Å². The van der Waals surface area contributed by atoms with E-state index >= 15 is 0 Å². The minimum Gasteiger partial charge on any atom is -0.466 e. The van der Waals surface area contributed by atoms with Crippen molar-refractivity contribution >= 4 is 0 Å². The summed E-state index contributed by atoms with van der Waals surface area (Å²) in [4.78, 5) is 0. The molecule has 1 aromatic heterocycles. The predicted octanol–water partition coefficient (Wildman–Crippen LogP) is 3.24. The molecule has 0 amide bonds. The topological polar surface area (TPSA) is 33.4 Å². The largest absolute Gasteiger partial charge is 0.466 e. The lowest BCUT2D eigenvalue weighted by molar-refractivity contribution is 0.189. The molecular formula is C14H14O2. The predicted molar refractivity (Wildman–Crippen MR) is 61.2 cm³/mol. The Labute approximate surface area is 94.5 Å². The van der Waals surface area contributed by atoms with Crippen LogP contribution in [0.1, 0.15) is 41.8 Å². The number of benzene rings is 1. The van der Waals surface area contributed by atoms with Crippen molar-refractivity contribution in [3.63, 3.8) is 0 Å². The Bertz CT molecular complexity index is 469. The first kappa shape index (κ1) is 9.67. The maximum Gasteiger partial charge on any atom is 0.137 e.